The molecule has 0 aliphatic carbocycles. The summed E-state index contributed by atoms with van der Waals surface area (Å²) < 4.78 is 2.38. The van der Waals surface area contributed by atoms with Crippen molar-refractivity contribution in [2.24, 2.45) is 4.99 Å². The van der Waals surface area contributed by atoms with Gasteiger partial charge in [-0.25, -0.2) is 9.59 Å². The van der Waals surface area contributed by atoms with E-state index in [2.05, 4.69) is 9.73 Å². The van der Waals surface area contributed by atoms with Crippen molar-refractivity contribution >= 4 is 47.0 Å². The Morgan fingerprint density at radius 3 is 2.50 bits per heavy atom. The van der Waals surface area contributed by atoms with Gasteiger partial charge in [-0.2, -0.15) is 15.2 Å². The number of aliphatic imine (C=N–C) groups is 1. The number of nitrogens with zero attached hydrogens (tertiary/aromatic N) is 3. The van der Waals surface area contributed by atoms with Crippen LogP contribution in [0.25, 0.3) is 0 Å². The Morgan fingerprint density at radius 2 is 2.19 bits per heavy atom. The van der Waals surface area contributed by atoms with Crippen LogP contribution in [0.3, 0.4) is 0 Å². The van der Waals surface area contributed by atoms with E-state index in [0.717, 1.165) is 6.08 Å². The number of rotatable bonds is 3. The van der Waals surface area contributed by atoms with Crippen LogP contribution in [0.4, 0.5) is 4.79 Å². The van der Waals surface area contributed by atoms with Gasteiger partial charge >= 0.3 is 6.09 Å². The van der Waals surface area contributed by atoms with Crippen molar-refractivity contribution < 1.29 is 14.3 Å². The van der Waals surface area contributed by atoms with Crippen molar-refractivity contribution in [2.75, 3.05) is 6.61 Å². The number of hydrogen-bond acceptors (Lipinski definition) is 5. The van der Waals surface area contributed by atoms with Gasteiger partial charge in [0.15, 0.2) is 12.4 Å². The fraction of sp³-hybridized carbons (Fsp3) is 0.571. The number of hydrogen-bond donors (Lipinski definition) is 0. The first-order chi connectivity index (χ1) is 7.38. The highest BCUT2D eigenvalue weighted by molar-refractivity contribution is 6.68. The van der Waals surface area contributed by atoms with Crippen molar-refractivity contribution in [1.82, 2.24) is 4.90 Å². The Morgan fingerprint density at radius 1 is 1.62 bits per heavy atom. The standard InChI is InChI=1S/C7H6Cl3N3O3/c1-2-16-6(15)13(3-11)5(12-4-14)7(8,9)10/h5H,2H2,1H3. The molecular formula is C7H6Cl3N3O3. The lowest BCUT2D eigenvalue weighted by Gasteiger charge is -2.24. The van der Waals surface area contributed by atoms with E-state index in [1.165, 1.54) is 13.1 Å². The normalized spacial score (nSPS) is 11.9. The van der Waals surface area contributed by atoms with E-state index in [1.807, 2.05) is 0 Å². The average molecular weight is 287 g/mol. The van der Waals surface area contributed by atoms with Crippen LogP contribution < -0.4 is 0 Å². The Kier molecular flexibility index (Phi) is 6.16. The molecule has 0 N–H and O–H groups in total. The zero-order valence-corrected chi connectivity index (χ0v) is 10.3. The van der Waals surface area contributed by atoms with E-state index >= 15 is 0 Å². The van der Waals surface area contributed by atoms with E-state index < -0.39 is 16.1 Å². The summed E-state index contributed by atoms with van der Waals surface area (Å²) in [6.07, 6.45) is -0.163. The number of halogens is 3. The summed E-state index contributed by atoms with van der Waals surface area (Å²) in [7, 11) is 0. The lowest BCUT2D eigenvalue weighted by Crippen LogP contribution is -2.43. The lowest BCUT2D eigenvalue weighted by molar-refractivity contribution is 0.114. The Hall–Kier alpha value is -0.990. The van der Waals surface area contributed by atoms with Gasteiger partial charge in [-0.3, -0.25) is 0 Å². The first kappa shape index (κ1) is 15.0. The molecule has 1 unspecified atom stereocenters. The summed E-state index contributed by atoms with van der Waals surface area (Å²) in [5, 5.41) is 8.69. The molecule has 0 aromatic carbocycles. The molecule has 0 saturated heterocycles. The minimum absolute atomic E-state index is 0.0222. The molecule has 0 rings (SSSR count). The van der Waals surface area contributed by atoms with Gasteiger partial charge in [-0.05, 0) is 6.92 Å². The molecule has 0 fully saturated rings. The van der Waals surface area contributed by atoms with Gasteiger partial charge in [0.25, 0.3) is 0 Å². The average Bonchev–Trinajstić information content (AvgIpc) is 2.16. The number of ether oxygens (including phenoxy) is 1. The summed E-state index contributed by atoms with van der Waals surface area (Å²) in [6, 6.07) is 0. The highest BCUT2D eigenvalue weighted by atomic mass is 35.6. The van der Waals surface area contributed by atoms with Gasteiger partial charge in [-0.1, -0.05) is 34.8 Å². The van der Waals surface area contributed by atoms with E-state index in [-0.39, 0.29) is 6.61 Å². The third kappa shape index (κ3) is 4.25. The maximum absolute atomic E-state index is 11.3. The third-order valence-corrected chi connectivity index (χ3v) is 1.87. The van der Waals surface area contributed by atoms with Gasteiger partial charge in [0, 0.05) is 0 Å². The molecule has 9 heteroatoms. The Labute approximate surface area is 106 Å². The first-order valence-electron chi connectivity index (χ1n) is 3.87. The Balaban J connectivity index is 5.10. The number of nitriles is 1. The largest absolute Gasteiger partial charge is 0.449 e. The van der Waals surface area contributed by atoms with Gasteiger partial charge < -0.3 is 4.74 Å². The number of isocyanates is 1. The molecule has 16 heavy (non-hydrogen) atoms. The molecule has 0 spiro atoms. The fourth-order valence-corrected chi connectivity index (χ4v) is 1.15. The quantitative estimate of drug-likeness (QED) is 0.261. The zero-order valence-electron chi connectivity index (χ0n) is 7.98. The maximum Gasteiger partial charge on any atom is 0.425 e. The molecule has 0 aliphatic heterocycles. The molecule has 1 amide bonds. The summed E-state index contributed by atoms with van der Waals surface area (Å²) in [6.45, 7) is 1.55. The molecule has 1 atom stereocenters. The monoisotopic (exact) mass is 285 g/mol. The second-order valence-electron chi connectivity index (χ2n) is 2.30. The van der Waals surface area contributed by atoms with Crippen LogP contribution >= 0.6 is 34.8 Å². The van der Waals surface area contributed by atoms with Crippen molar-refractivity contribution in [3.8, 4) is 6.19 Å². The second-order valence-corrected chi connectivity index (χ2v) is 4.67. The second kappa shape index (κ2) is 6.56. The van der Waals surface area contributed by atoms with E-state index in [4.69, 9.17) is 40.1 Å². The van der Waals surface area contributed by atoms with Gasteiger partial charge in [0.2, 0.25) is 9.87 Å². The molecular weight excluding hydrogens is 280 g/mol. The van der Waals surface area contributed by atoms with E-state index in [9.17, 15) is 9.59 Å². The fourth-order valence-electron chi connectivity index (χ4n) is 0.716. The van der Waals surface area contributed by atoms with Crippen LogP contribution in [0.5, 0.6) is 0 Å². The number of amides is 1. The van der Waals surface area contributed by atoms with Crippen LogP contribution in [-0.2, 0) is 9.53 Å². The van der Waals surface area contributed by atoms with E-state index in [1.54, 1.807) is 0 Å². The molecule has 0 radical (unpaired) electrons. The predicted octanol–water partition coefficient (Wildman–Crippen LogP) is 1.96. The minimum Gasteiger partial charge on any atom is -0.449 e. The SMILES string of the molecule is CCOC(=O)N(C#N)C(N=C=O)C(Cl)(Cl)Cl. The van der Waals surface area contributed by atoms with Crippen LogP contribution in [-0.4, -0.2) is 33.6 Å². The van der Waals surface area contributed by atoms with Crippen molar-refractivity contribution in [1.29, 1.82) is 5.26 Å². The minimum atomic E-state index is -2.14. The molecule has 0 saturated carbocycles. The summed E-state index contributed by atoms with van der Waals surface area (Å²) in [5.74, 6) is 0. The molecule has 0 aromatic rings. The third-order valence-electron chi connectivity index (χ3n) is 1.28. The van der Waals surface area contributed by atoms with Crippen LogP contribution in [0.15, 0.2) is 4.99 Å². The summed E-state index contributed by atoms with van der Waals surface area (Å²) in [5.41, 5.74) is 0. The molecule has 88 valence electrons. The van der Waals surface area contributed by atoms with Gasteiger partial charge in [0.1, 0.15) is 0 Å². The zero-order chi connectivity index (χ0) is 12.8. The lowest BCUT2D eigenvalue weighted by atomic mass is 10.5. The highest BCUT2D eigenvalue weighted by Crippen LogP contribution is 2.34. The topological polar surface area (TPSA) is 82.8 Å². The highest BCUT2D eigenvalue weighted by Gasteiger charge is 2.41. The Bertz CT molecular complexity index is 343. The van der Waals surface area contributed by atoms with Crippen LogP contribution in [0.2, 0.25) is 0 Å². The number of carbonyl (C=O) groups is 1. The van der Waals surface area contributed by atoms with Crippen molar-refractivity contribution in [3.63, 3.8) is 0 Å². The molecule has 0 bridgehead atoms. The summed E-state index contributed by atoms with van der Waals surface area (Å²) in [4.78, 5) is 24.8. The first-order valence-corrected chi connectivity index (χ1v) is 5.01. The van der Waals surface area contributed by atoms with Gasteiger partial charge in [-0.15, -0.1) is 0 Å². The number of carbonyl (C=O) groups excluding carboxylic acids is 2. The van der Waals surface area contributed by atoms with Gasteiger partial charge in [0.05, 0.1) is 6.61 Å². The molecule has 0 aliphatic rings. The van der Waals surface area contributed by atoms with Crippen LogP contribution in [0, 0.1) is 11.5 Å². The smallest absolute Gasteiger partial charge is 0.425 e. The molecule has 6 nitrogen and oxygen atoms in total. The molecule has 0 heterocycles. The number of alkyl halides is 3. The van der Waals surface area contributed by atoms with Crippen LogP contribution in [0.1, 0.15) is 6.92 Å². The maximum atomic E-state index is 11.3. The summed E-state index contributed by atoms with van der Waals surface area (Å²) >= 11 is 16.4. The van der Waals surface area contributed by atoms with Crippen molar-refractivity contribution in [3.05, 3.63) is 0 Å². The van der Waals surface area contributed by atoms with E-state index in [0.29, 0.717) is 4.90 Å². The van der Waals surface area contributed by atoms with Crippen molar-refractivity contribution in [2.45, 2.75) is 16.9 Å². The predicted molar refractivity (Wildman–Crippen MR) is 56.7 cm³/mol. The molecule has 0 aromatic heterocycles.